The fraction of sp³-hybridized carbons (Fsp3) is 0. The van der Waals surface area contributed by atoms with Gasteiger partial charge in [-0.3, -0.25) is 0 Å². The normalized spacial score (nSPS) is 12.5. The van der Waals surface area contributed by atoms with Crippen LogP contribution in [0.25, 0.3) is 89.8 Å². The van der Waals surface area contributed by atoms with Crippen LogP contribution in [0.5, 0.6) is 0 Å². The molecule has 0 unspecified atom stereocenters. The van der Waals surface area contributed by atoms with Crippen LogP contribution >= 0.6 is 0 Å². The quantitative estimate of drug-likeness (QED) is 0.178. The number of hydrogen-bond acceptors (Lipinski definition) is 6. The maximum absolute atomic E-state index is 15.0. The van der Waals surface area contributed by atoms with Gasteiger partial charge in [0.2, 0.25) is 9.84 Å². The zero-order chi connectivity index (χ0) is 38.3. The third-order valence-electron chi connectivity index (χ3n) is 10.4. The van der Waals surface area contributed by atoms with Gasteiger partial charge < -0.3 is 0 Å². The van der Waals surface area contributed by atoms with Crippen molar-refractivity contribution < 1.29 is 8.42 Å². The monoisotopic (exact) mass is 752 g/mol. The molecule has 3 heterocycles. The van der Waals surface area contributed by atoms with E-state index in [0.29, 0.717) is 34.2 Å². The van der Waals surface area contributed by atoms with E-state index in [4.69, 9.17) is 19.9 Å². The van der Waals surface area contributed by atoms with Crippen LogP contribution in [0.1, 0.15) is 0 Å². The number of benzene rings is 7. The van der Waals surface area contributed by atoms with Crippen molar-refractivity contribution >= 4 is 9.84 Å². The van der Waals surface area contributed by atoms with E-state index in [2.05, 4.69) is 36.4 Å². The molecule has 2 aromatic heterocycles. The zero-order valence-corrected chi connectivity index (χ0v) is 31.3. The minimum Gasteiger partial charge on any atom is -0.236 e. The lowest BCUT2D eigenvalue weighted by atomic mass is 9.86. The first-order valence-electron chi connectivity index (χ1n) is 18.6. The Hall–Kier alpha value is -7.35. The van der Waals surface area contributed by atoms with E-state index >= 15 is 0 Å². The molecule has 0 bridgehead atoms. The molecule has 7 aromatic carbocycles. The highest BCUT2D eigenvalue weighted by Gasteiger charge is 2.29. The molecule has 57 heavy (non-hydrogen) atoms. The Bertz CT molecular complexity index is 3080. The van der Waals surface area contributed by atoms with Crippen LogP contribution < -0.4 is 0 Å². The Morgan fingerprint density at radius 2 is 0.719 bits per heavy atom. The highest BCUT2D eigenvalue weighted by Crippen LogP contribution is 2.47. The van der Waals surface area contributed by atoms with Gasteiger partial charge in [0.15, 0.2) is 11.6 Å². The maximum atomic E-state index is 15.0. The number of hydrogen-bond donors (Lipinski definition) is 0. The van der Waals surface area contributed by atoms with E-state index in [-0.39, 0.29) is 9.79 Å². The zero-order valence-electron chi connectivity index (χ0n) is 30.5. The summed E-state index contributed by atoms with van der Waals surface area (Å²) in [5.41, 5.74) is 11.4. The van der Waals surface area contributed by atoms with E-state index in [1.165, 1.54) is 0 Å². The number of sulfone groups is 1. The summed E-state index contributed by atoms with van der Waals surface area (Å²) in [6.45, 7) is 0. The van der Waals surface area contributed by atoms with E-state index in [1.807, 2.05) is 121 Å². The molecule has 0 amide bonds. The van der Waals surface area contributed by atoms with Gasteiger partial charge in [-0.15, -0.1) is 0 Å². The minimum atomic E-state index is -4.02. The van der Waals surface area contributed by atoms with Gasteiger partial charge in [-0.2, -0.15) is 0 Å². The van der Waals surface area contributed by atoms with Crippen molar-refractivity contribution in [2.24, 2.45) is 0 Å². The molecule has 10 rings (SSSR count). The molecule has 7 heteroatoms. The van der Waals surface area contributed by atoms with E-state index < -0.39 is 9.84 Å². The van der Waals surface area contributed by atoms with Crippen LogP contribution in [0, 0.1) is 0 Å². The van der Waals surface area contributed by atoms with Crippen LogP contribution in [0.15, 0.2) is 204 Å². The summed E-state index contributed by atoms with van der Waals surface area (Å²) in [7, 11) is -4.02. The molecule has 0 atom stereocenters. The Morgan fingerprint density at radius 1 is 0.316 bits per heavy atom. The van der Waals surface area contributed by atoms with Crippen molar-refractivity contribution in [2.45, 2.75) is 9.79 Å². The molecule has 9 aromatic rings. The highest BCUT2D eigenvalue weighted by atomic mass is 32.2. The van der Waals surface area contributed by atoms with Gasteiger partial charge in [-0.25, -0.2) is 28.4 Å². The first-order chi connectivity index (χ1) is 28.0. The standard InChI is InChI=1S/C50H32N4O2S/c55-57(56)47-25-13-11-23-42(47)40-22-10-9-20-38(40)37-19-7-8-21-39(37)41-28-27-35(29-44(41)43-24-12-14-26-48(43)57)45-30-46(54-50(53-45)34-17-5-2-6-18-34)36-31-51-49(52-32-36)33-15-3-1-4-16-33/h1-32H. The van der Waals surface area contributed by atoms with E-state index in [9.17, 15) is 8.42 Å². The van der Waals surface area contributed by atoms with Gasteiger partial charge in [0.25, 0.3) is 0 Å². The van der Waals surface area contributed by atoms with Crippen molar-refractivity contribution in [3.63, 3.8) is 0 Å². The second-order valence-corrected chi connectivity index (χ2v) is 15.7. The van der Waals surface area contributed by atoms with Crippen molar-refractivity contribution in [2.75, 3.05) is 0 Å². The maximum Gasteiger partial charge on any atom is 0.207 e. The Morgan fingerprint density at radius 3 is 1.26 bits per heavy atom. The molecule has 6 nitrogen and oxygen atoms in total. The van der Waals surface area contributed by atoms with Crippen LogP contribution in [0.4, 0.5) is 0 Å². The molecule has 0 fully saturated rings. The van der Waals surface area contributed by atoms with Gasteiger partial charge >= 0.3 is 0 Å². The van der Waals surface area contributed by atoms with Crippen molar-refractivity contribution in [1.82, 2.24) is 19.9 Å². The minimum absolute atomic E-state index is 0.233. The summed E-state index contributed by atoms with van der Waals surface area (Å²) >= 11 is 0. The summed E-state index contributed by atoms with van der Waals surface area (Å²) < 4.78 is 30.0. The summed E-state index contributed by atoms with van der Waals surface area (Å²) in [6.07, 6.45) is 3.58. The Balaban J connectivity index is 1.22. The van der Waals surface area contributed by atoms with E-state index in [1.54, 1.807) is 36.7 Å². The molecule has 0 saturated carbocycles. The fourth-order valence-corrected chi connectivity index (χ4v) is 9.38. The summed E-state index contributed by atoms with van der Waals surface area (Å²) in [6, 6.07) is 58.8. The van der Waals surface area contributed by atoms with E-state index in [0.717, 1.165) is 55.6 Å². The molecule has 0 spiro atoms. The van der Waals surface area contributed by atoms with Gasteiger partial charge in [0.05, 0.1) is 21.2 Å². The molecule has 0 saturated heterocycles. The number of aromatic nitrogens is 4. The highest BCUT2D eigenvalue weighted by molar-refractivity contribution is 7.91. The lowest BCUT2D eigenvalue weighted by molar-refractivity contribution is 0.596. The average molecular weight is 753 g/mol. The number of nitrogens with zero attached hydrogens (tertiary/aromatic N) is 4. The van der Waals surface area contributed by atoms with Crippen LogP contribution in [-0.2, 0) is 9.84 Å². The number of fused-ring (bicyclic) bond motifs is 9. The van der Waals surface area contributed by atoms with Gasteiger partial charge in [0, 0.05) is 45.8 Å². The molecule has 0 radical (unpaired) electrons. The Labute approximate surface area is 330 Å². The second kappa shape index (κ2) is 14.1. The van der Waals surface area contributed by atoms with Crippen molar-refractivity contribution in [3.05, 3.63) is 194 Å². The number of rotatable bonds is 4. The average Bonchev–Trinajstić information content (AvgIpc) is 3.30. The Kier molecular flexibility index (Phi) is 8.42. The molecular weight excluding hydrogens is 721 g/mol. The molecule has 1 aliphatic heterocycles. The van der Waals surface area contributed by atoms with Crippen LogP contribution in [0.2, 0.25) is 0 Å². The lowest BCUT2D eigenvalue weighted by Crippen LogP contribution is -2.06. The molecule has 0 aliphatic carbocycles. The predicted octanol–water partition coefficient (Wildman–Crippen LogP) is 11.7. The largest absolute Gasteiger partial charge is 0.236 e. The SMILES string of the molecule is O=S1(=O)c2ccccc2-c2ccccc2-c2ccccc2-c2ccc(-c3cc(-c4cnc(-c5ccccc5)nc4)nc(-c4ccccc4)n3)cc2-c2ccccc21. The third kappa shape index (κ3) is 6.11. The molecular formula is C50H32N4O2S. The molecule has 270 valence electrons. The third-order valence-corrected chi connectivity index (χ3v) is 12.3. The first-order valence-corrected chi connectivity index (χ1v) is 20.1. The summed E-state index contributed by atoms with van der Waals surface area (Å²) in [4.78, 5) is 20.0. The molecule has 0 N–H and O–H groups in total. The lowest BCUT2D eigenvalue weighted by Gasteiger charge is -2.18. The van der Waals surface area contributed by atoms with Gasteiger partial charge in [0.1, 0.15) is 0 Å². The second-order valence-electron chi connectivity index (χ2n) is 13.8. The topological polar surface area (TPSA) is 85.7 Å². The first kappa shape index (κ1) is 34.2. The van der Waals surface area contributed by atoms with Crippen LogP contribution in [-0.4, -0.2) is 28.4 Å². The smallest absolute Gasteiger partial charge is 0.207 e. The van der Waals surface area contributed by atoms with Crippen LogP contribution in [0.3, 0.4) is 0 Å². The summed E-state index contributed by atoms with van der Waals surface area (Å²) in [5, 5.41) is 0. The predicted molar refractivity (Wildman–Crippen MR) is 227 cm³/mol. The fourth-order valence-electron chi connectivity index (χ4n) is 7.69. The van der Waals surface area contributed by atoms with Crippen molar-refractivity contribution in [1.29, 1.82) is 0 Å². The van der Waals surface area contributed by atoms with Crippen molar-refractivity contribution in [3.8, 4) is 89.8 Å². The summed E-state index contributed by atoms with van der Waals surface area (Å²) in [5.74, 6) is 1.17. The van der Waals surface area contributed by atoms with Gasteiger partial charge in [-0.05, 0) is 57.6 Å². The van der Waals surface area contributed by atoms with Gasteiger partial charge in [-0.1, -0.05) is 158 Å². The molecule has 1 aliphatic rings.